The monoisotopic (exact) mass is 319 g/mol. The molecule has 0 aromatic heterocycles. The van der Waals surface area contributed by atoms with Gasteiger partial charge >= 0.3 is 0 Å². The molecule has 5 nitrogen and oxygen atoms in total. The molecule has 2 fully saturated rings. The average Bonchev–Trinajstić information content (AvgIpc) is 2.85. The van der Waals surface area contributed by atoms with E-state index < -0.39 is 0 Å². The van der Waals surface area contributed by atoms with E-state index in [-0.39, 0.29) is 5.91 Å². The van der Waals surface area contributed by atoms with Gasteiger partial charge in [-0.25, -0.2) is 0 Å². The third kappa shape index (κ3) is 3.15. The summed E-state index contributed by atoms with van der Waals surface area (Å²) < 4.78 is 16.1. The lowest BCUT2D eigenvalue weighted by molar-refractivity contribution is -0.137. The molecule has 2 heterocycles. The minimum absolute atomic E-state index is 0.208. The first-order valence-corrected chi connectivity index (χ1v) is 8.21. The third-order valence-electron chi connectivity index (χ3n) is 5.11. The summed E-state index contributed by atoms with van der Waals surface area (Å²) in [6.07, 6.45) is 4.84. The van der Waals surface area contributed by atoms with Crippen LogP contribution in [0.4, 0.5) is 0 Å². The highest BCUT2D eigenvalue weighted by Crippen LogP contribution is 2.37. The van der Waals surface area contributed by atoms with Crippen molar-refractivity contribution >= 4 is 5.91 Å². The van der Waals surface area contributed by atoms with Crippen LogP contribution in [0.25, 0.3) is 0 Å². The number of amides is 1. The van der Waals surface area contributed by atoms with Crippen molar-refractivity contribution in [3.05, 3.63) is 23.8 Å². The highest BCUT2D eigenvalue weighted by Gasteiger charge is 2.43. The second-order valence-corrected chi connectivity index (χ2v) is 6.38. The molecule has 23 heavy (non-hydrogen) atoms. The Balaban J connectivity index is 1.70. The standard InChI is InChI=1S/C18H25NO4/c1-21-15-10-13-5-6-14(11-15)19(13)18(20)9-12-4-7-16(22-2)17(8-12)23-3/h4,7-8,13-15H,5-6,9-11H2,1-3H3. The number of benzene rings is 1. The van der Waals surface area contributed by atoms with Crippen molar-refractivity contribution in [2.45, 2.75) is 50.3 Å². The summed E-state index contributed by atoms with van der Waals surface area (Å²) >= 11 is 0. The maximum absolute atomic E-state index is 12.8. The Hall–Kier alpha value is -1.75. The zero-order valence-electron chi connectivity index (χ0n) is 14.1. The van der Waals surface area contributed by atoms with E-state index in [9.17, 15) is 4.79 Å². The van der Waals surface area contributed by atoms with Crippen molar-refractivity contribution in [2.24, 2.45) is 0 Å². The number of fused-ring (bicyclic) bond motifs is 2. The number of carbonyl (C=O) groups is 1. The van der Waals surface area contributed by atoms with Crippen LogP contribution >= 0.6 is 0 Å². The van der Waals surface area contributed by atoms with Crippen LogP contribution in [0.5, 0.6) is 11.5 Å². The van der Waals surface area contributed by atoms with Crippen molar-refractivity contribution in [3.63, 3.8) is 0 Å². The molecule has 5 heteroatoms. The van der Waals surface area contributed by atoms with Crippen LogP contribution in [0, 0.1) is 0 Å². The number of rotatable bonds is 5. The summed E-state index contributed by atoms with van der Waals surface area (Å²) in [4.78, 5) is 14.9. The number of hydrogen-bond donors (Lipinski definition) is 0. The van der Waals surface area contributed by atoms with Crippen LogP contribution in [0.2, 0.25) is 0 Å². The third-order valence-corrected chi connectivity index (χ3v) is 5.11. The Bertz CT molecular complexity index is 560. The highest BCUT2D eigenvalue weighted by molar-refractivity contribution is 5.80. The molecule has 126 valence electrons. The minimum Gasteiger partial charge on any atom is -0.493 e. The maximum Gasteiger partial charge on any atom is 0.227 e. The molecule has 1 aromatic carbocycles. The molecule has 3 rings (SSSR count). The second-order valence-electron chi connectivity index (χ2n) is 6.38. The molecule has 2 aliphatic rings. The van der Waals surface area contributed by atoms with Gasteiger partial charge in [-0.2, -0.15) is 0 Å². The fourth-order valence-corrected chi connectivity index (χ4v) is 3.98. The van der Waals surface area contributed by atoms with Crippen LogP contribution in [0.1, 0.15) is 31.2 Å². The van der Waals surface area contributed by atoms with Crippen LogP contribution in [0.3, 0.4) is 0 Å². The van der Waals surface area contributed by atoms with Crippen molar-refractivity contribution in [1.29, 1.82) is 0 Å². The lowest BCUT2D eigenvalue weighted by Gasteiger charge is -2.38. The lowest BCUT2D eigenvalue weighted by Crippen LogP contribution is -2.48. The number of methoxy groups -OCH3 is 3. The van der Waals surface area contributed by atoms with Crippen molar-refractivity contribution in [1.82, 2.24) is 4.90 Å². The number of ether oxygens (including phenoxy) is 3. The van der Waals surface area contributed by atoms with Crippen LogP contribution in [-0.4, -0.2) is 50.3 Å². The molecule has 0 N–H and O–H groups in total. The first kappa shape index (κ1) is 16.1. The lowest BCUT2D eigenvalue weighted by atomic mass is 9.98. The highest BCUT2D eigenvalue weighted by atomic mass is 16.5. The van der Waals surface area contributed by atoms with E-state index in [1.54, 1.807) is 21.3 Å². The van der Waals surface area contributed by atoms with Crippen molar-refractivity contribution in [3.8, 4) is 11.5 Å². The van der Waals surface area contributed by atoms with Gasteiger partial charge in [-0.3, -0.25) is 4.79 Å². The van der Waals surface area contributed by atoms with Gasteiger partial charge in [0.15, 0.2) is 11.5 Å². The Labute approximate surface area is 137 Å². The van der Waals surface area contributed by atoms with Gasteiger partial charge in [0.05, 0.1) is 26.7 Å². The molecule has 0 aliphatic carbocycles. The molecular formula is C18H25NO4. The Morgan fingerprint density at radius 3 is 2.30 bits per heavy atom. The van der Waals surface area contributed by atoms with Crippen LogP contribution in [0.15, 0.2) is 18.2 Å². The number of hydrogen-bond acceptors (Lipinski definition) is 4. The van der Waals surface area contributed by atoms with E-state index in [1.165, 1.54) is 0 Å². The van der Waals surface area contributed by atoms with Gasteiger partial charge in [-0.1, -0.05) is 6.07 Å². The van der Waals surface area contributed by atoms with Crippen LogP contribution in [-0.2, 0) is 16.0 Å². The van der Waals surface area contributed by atoms with Crippen molar-refractivity contribution < 1.29 is 19.0 Å². The van der Waals surface area contributed by atoms with Gasteiger partial charge in [0.2, 0.25) is 5.91 Å². The summed E-state index contributed by atoms with van der Waals surface area (Å²) in [6.45, 7) is 0. The summed E-state index contributed by atoms with van der Waals surface area (Å²) in [6, 6.07) is 6.36. The van der Waals surface area contributed by atoms with Gasteiger partial charge in [-0.15, -0.1) is 0 Å². The molecule has 1 amide bonds. The molecule has 2 aliphatic heterocycles. The predicted octanol–water partition coefficient (Wildman–Crippen LogP) is 2.41. The number of piperidine rings is 1. The molecule has 2 saturated heterocycles. The molecule has 1 aromatic rings. The molecule has 2 unspecified atom stereocenters. The summed E-state index contributed by atoms with van der Waals surface area (Å²) in [5.74, 6) is 1.56. The maximum atomic E-state index is 12.8. The molecule has 2 atom stereocenters. The number of carbonyl (C=O) groups excluding carboxylic acids is 1. The number of nitrogens with zero attached hydrogens (tertiary/aromatic N) is 1. The first-order valence-electron chi connectivity index (χ1n) is 8.21. The smallest absolute Gasteiger partial charge is 0.227 e. The quantitative estimate of drug-likeness (QED) is 0.836. The average molecular weight is 319 g/mol. The van der Waals surface area contributed by atoms with E-state index in [0.717, 1.165) is 31.2 Å². The topological polar surface area (TPSA) is 48.0 Å². The summed E-state index contributed by atoms with van der Waals surface area (Å²) in [5, 5.41) is 0. The van der Waals surface area contributed by atoms with E-state index >= 15 is 0 Å². The van der Waals surface area contributed by atoms with Gasteiger partial charge in [0.1, 0.15) is 0 Å². The summed E-state index contributed by atoms with van der Waals surface area (Å²) in [5.41, 5.74) is 0.959. The normalized spacial score (nSPS) is 26.2. The molecule has 0 spiro atoms. The Morgan fingerprint density at radius 2 is 1.74 bits per heavy atom. The van der Waals surface area contributed by atoms with Crippen LogP contribution < -0.4 is 9.47 Å². The van der Waals surface area contributed by atoms with E-state index in [0.29, 0.717) is 36.1 Å². The van der Waals surface area contributed by atoms with Gasteiger partial charge < -0.3 is 19.1 Å². The molecular weight excluding hydrogens is 294 g/mol. The summed E-state index contributed by atoms with van der Waals surface area (Å²) in [7, 11) is 4.99. The van der Waals surface area contributed by atoms with Crippen molar-refractivity contribution in [2.75, 3.05) is 21.3 Å². The fraction of sp³-hybridized carbons (Fsp3) is 0.611. The van der Waals surface area contributed by atoms with Gasteiger partial charge in [0.25, 0.3) is 0 Å². The van der Waals surface area contributed by atoms with E-state index in [2.05, 4.69) is 4.90 Å². The molecule has 0 radical (unpaired) electrons. The second kappa shape index (κ2) is 6.79. The fourth-order valence-electron chi connectivity index (χ4n) is 3.98. The SMILES string of the molecule is COc1ccc(CC(=O)N2C3CCC2CC(OC)C3)cc1OC. The largest absolute Gasteiger partial charge is 0.493 e. The Morgan fingerprint density at radius 1 is 1.09 bits per heavy atom. The Kier molecular flexibility index (Phi) is 4.76. The zero-order chi connectivity index (χ0) is 16.4. The zero-order valence-corrected chi connectivity index (χ0v) is 14.1. The predicted molar refractivity (Wildman–Crippen MR) is 86.9 cm³/mol. The van der Waals surface area contributed by atoms with Gasteiger partial charge in [0, 0.05) is 19.2 Å². The van der Waals surface area contributed by atoms with E-state index in [4.69, 9.17) is 14.2 Å². The molecule has 2 bridgehead atoms. The van der Waals surface area contributed by atoms with E-state index in [1.807, 2.05) is 18.2 Å². The first-order chi connectivity index (χ1) is 11.2. The molecule has 0 saturated carbocycles. The van der Waals surface area contributed by atoms with Gasteiger partial charge in [-0.05, 0) is 43.4 Å². The minimum atomic E-state index is 0.208.